The molecule has 2 aromatic rings. The van der Waals surface area contributed by atoms with Crippen LogP contribution in [0.1, 0.15) is 13.3 Å². The maximum Gasteiger partial charge on any atom is 0.175 e. The smallest absolute Gasteiger partial charge is 0.175 e. The number of pyridine rings is 1. The minimum Gasteiger partial charge on any atom is -0.490 e. The Morgan fingerprint density at radius 1 is 1.15 bits per heavy atom. The molecule has 0 atom stereocenters. The topological polar surface area (TPSA) is 51.4 Å². The highest BCUT2D eigenvalue weighted by molar-refractivity contribution is 5.65. The minimum absolute atomic E-state index is 0.623. The zero-order valence-electron chi connectivity index (χ0n) is 11.8. The van der Waals surface area contributed by atoms with E-state index < -0.39 is 0 Å². The Kier molecular flexibility index (Phi) is 5.38. The Bertz CT molecular complexity index is 516. The van der Waals surface area contributed by atoms with E-state index in [9.17, 15) is 0 Å². The highest BCUT2D eigenvalue weighted by Gasteiger charge is 2.14. The van der Waals surface area contributed by atoms with Gasteiger partial charge in [-0.05, 0) is 44.2 Å². The van der Waals surface area contributed by atoms with Crippen LogP contribution in [-0.2, 0) is 0 Å². The first kappa shape index (κ1) is 14.3. The number of ether oxygens (including phenoxy) is 1. The molecule has 0 radical (unpaired) electrons. The molecule has 0 unspecified atom stereocenters. The molecule has 106 valence electrons. The van der Waals surface area contributed by atoms with Gasteiger partial charge >= 0.3 is 0 Å². The van der Waals surface area contributed by atoms with Crippen LogP contribution in [0.5, 0.6) is 5.75 Å². The second kappa shape index (κ2) is 7.50. The van der Waals surface area contributed by atoms with Gasteiger partial charge in [0.25, 0.3) is 0 Å². The molecule has 0 bridgehead atoms. The van der Waals surface area contributed by atoms with E-state index in [2.05, 4.69) is 22.0 Å². The van der Waals surface area contributed by atoms with Gasteiger partial charge in [-0.2, -0.15) is 0 Å². The summed E-state index contributed by atoms with van der Waals surface area (Å²) in [5.74, 6) is 1.64. The van der Waals surface area contributed by atoms with Gasteiger partial charge in [0.05, 0.1) is 6.61 Å². The summed E-state index contributed by atoms with van der Waals surface area (Å²) >= 11 is 0. The third-order valence-electron chi connectivity index (χ3n) is 2.96. The average molecular weight is 271 g/mol. The summed E-state index contributed by atoms with van der Waals surface area (Å²) in [6.07, 6.45) is 2.69. The lowest BCUT2D eigenvalue weighted by molar-refractivity contribution is 0.339. The molecule has 0 aliphatic rings. The van der Waals surface area contributed by atoms with E-state index in [0.29, 0.717) is 13.2 Å². The zero-order valence-corrected chi connectivity index (χ0v) is 11.8. The van der Waals surface area contributed by atoms with E-state index in [-0.39, 0.29) is 0 Å². The van der Waals surface area contributed by atoms with Gasteiger partial charge in [0.15, 0.2) is 11.6 Å². The molecule has 20 heavy (non-hydrogen) atoms. The Balaban J connectivity index is 2.36. The van der Waals surface area contributed by atoms with Gasteiger partial charge in [0.1, 0.15) is 0 Å². The summed E-state index contributed by atoms with van der Waals surface area (Å²) < 4.78 is 5.68. The molecule has 0 saturated carbocycles. The summed E-state index contributed by atoms with van der Waals surface area (Å²) in [6, 6.07) is 14.0. The lowest BCUT2D eigenvalue weighted by Gasteiger charge is -2.25. The molecule has 0 spiro atoms. The van der Waals surface area contributed by atoms with Gasteiger partial charge in [-0.15, -0.1) is 0 Å². The molecule has 0 aliphatic heterocycles. The molecule has 4 heteroatoms. The molecule has 0 fully saturated rings. The van der Waals surface area contributed by atoms with Crippen molar-refractivity contribution in [3.63, 3.8) is 0 Å². The van der Waals surface area contributed by atoms with Gasteiger partial charge in [-0.25, -0.2) is 4.98 Å². The second-order valence-electron chi connectivity index (χ2n) is 4.39. The zero-order chi connectivity index (χ0) is 14.2. The van der Waals surface area contributed by atoms with Crippen molar-refractivity contribution in [2.75, 3.05) is 24.6 Å². The number of benzene rings is 1. The number of hydrogen-bond donors (Lipinski definition) is 1. The summed E-state index contributed by atoms with van der Waals surface area (Å²) in [4.78, 5) is 6.64. The molecule has 1 heterocycles. The fourth-order valence-corrected chi connectivity index (χ4v) is 2.07. The SMILES string of the molecule is CCOc1cccnc1N(CCCN)c1ccccc1. The number of anilines is 2. The van der Waals surface area contributed by atoms with E-state index in [1.165, 1.54) is 0 Å². The maximum absolute atomic E-state index is 5.68. The van der Waals surface area contributed by atoms with Gasteiger partial charge in [-0.3, -0.25) is 0 Å². The monoisotopic (exact) mass is 271 g/mol. The van der Waals surface area contributed by atoms with Crippen molar-refractivity contribution in [1.29, 1.82) is 0 Å². The maximum atomic E-state index is 5.68. The van der Waals surface area contributed by atoms with E-state index in [0.717, 1.165) is 30.2 Å². The Hall–Kier alpha value is -2.07. The van der Waals surface area contributed by atoms with E-state index >= 15 is 0 Å². The summed E-state index contributed by atoms with van der Waals surface area (Å²) in [7, 11) is 0. The van der Waals surface area contributed by atoms with Crippen molar-refractivity contribution in [2.45, 2.75) is 13.3 Å². The summed E-state index contributed by atoms with van der Waals surface area (Å²) in [6.45, 7) is 4.07. The molecule has 4 nitrogen and oxygen atoms in total. The van der Waals surface area contributed by atoms with Gasteiger partial charge < -0.3 is 15.4 Å². The lowest BCUT2D eigenvalue weighted by atomic mass is 10.2. The van der Waals surface area contributed by atoms with Crippen molar-refractivity contribution in [3.05, 3.63) is 48.7 Å². The standard InChI is InChI=1S/C16H21N3O/c1-2-20-15-10-6-12-18-16(15)19(13-7-11-17)14-8-4-3-5-9-14/h3-6,8-10,12H,2,7,11,13,17H2,1H3. The van der Waals surface area contributed by atoms with Gasteiger partial charge in [0.2, 0.25) is 0 Å². The van der Waals surface area contributed by atoms with E-state index in [4.69, 9.17) is 10.5 Å². The summed E-state index contributed by atoms with van der Waals surface area (Å²) in [5, 5.41) is 0. The minimum atomic E-state index is 0.623. The van der Waals surface area contributed by atoms with E-state index in [1.807, 2.05) is 37.3 Å². The van der Waals surface area contributed by atoms with Gasteiger partial charge in [-0.1, -0.05) is 18.2 Å². The Morgan fingerprint density at radius 2 is 1.95 bits per heavy atom. The average Bonchev–Trinajstić information content (AvgIpc) is 2.50. The van der Waals surface area contributed by atoms with Crippen LogP contribution in [-0.4, -0.2) is 24.7 Å². The Morgan fingerprint density at radius 3 is 2.65 bits per heavy atom. The van der Waals surface area contributed by atoms with Crippen LogP contribution in [0, 0.1) is 0 Å². The molecule has 1 aromatic heterocycles. The van der Waals surface area contributed by atoms with Crippen LogP contribution in [0.2, 0.25) is 0 Å². The van der Waals surface area contributed by atoms with Crippen LogP contribution < -0.4 is 15.4 Å². The first-order chi connectivity index (χ1) is 9.86. The fourth-order valence-electron chi connectivity index (χ4n) is 2.07. The van der Waals surface area contributed by atoms with Crippen LogP contribution >= 0.6 is 0 Å². The van der Waals surface area contributed by atoms with Crippen LogP contribution in [0.3, 0.4) is 0 Å². The predicted molar refractivity (Wildman–Crippen MR) is 82.5 cm³/mol. The summed E-state index contributed by atoms with van der Waals surface area (Å²) in [5.41, 5.74) is 6.75. The molecular weight excluding hydrogens is 250 g/mol. The number of hydrogen-bond acceptors (Lipinski definition) is 4. The molecule has 0 amide bonds. The van der Waals surface area contributed by atoms with Crippen LogP contribution in [0.25, 0.3) is 0 Å². The molecular formula is C16H21N3O. The third kappa shape index (κ3) is 3.48. The van der Waals surface area contributed by atoms with Crippen molar-refractivity contribution < 1.29 is 4.74 Å². The van der Waals surface area contributed by atoms with E-state index in [1.54, 1.807) is 6.20 Å². The first-order valence-corrected chi connectivity index (χ1v) is 6.97. The number of nitrogens with zero attached hydrogens (tertiary/aromatic N) is 2. The van der Waals surface area contributed by atoms with Gasteiger partial charge in [0, 0.05) is 18.4 Å². The number of nitrogens with two attached hydrogens (primary N) is 1. The molecule has 1 aromatic carbocycles. The highest BCUT2D eigenvalue weighted by atomic mass is 16.5. The van der Waals surface area contributed by atoms with Crippen LogP contribution in [0.4, 0.5) is 11.5 Å². The quantitative estimate of drug-likeness (QED) is 0.841. The third-order valence-corrected chi connectivity index (χ3v) is 2.96. The van der Waals surface area contributed by atoms with Crippen molar-refractivity contribution in [1.82, 2.24) is 4.98 Å². The largest absolute Gasteiger partial charge is 0.490 e. The molecule has 2 rings (SSSR count). The van der Waals surface area contributed by atoms with Crippen molar-refractivity contribution >= 4 is 11.5 Å². The molecule has 0 saturated heterocycles. The first-order valence-electron chi connectivity index (χ1n) is 6.97. The molecule has 2 N–H and O–H groups in total. The second-order valence-corrected chi connectivity index (χ2v) is 4.39. The fraction of sp³-hybridized carbons (Fsp3) is 0.312. The van der Waals surface area contributed by atoms with Crippen molar-refractivity contribution in [3.8, 4) is 5.75 Å². The Labute approximate surface area is 120 Å². The lowest BCUT2D eigenvalue weighted by Crippen LogP contribution is -2.22. The number of rotatable bonds is 7. The predicted octanol–water partition coefficient (Wildman–Crippen LogP) is 2.97. The normalized spacial score (nSPS) is 10.3. The van der Waals surface area contributed by atoms with Crippen molar-refractivity contribution in [2.24, 2.45) is 5.73 Å². The highest BCUT2D eigenvalue weighted by Crippen LogP contribution is 2.31. The number of para-hydroxylation sites is 1. The molecule has 0 aliphatic carbocycles. The number of aromatic nitrogens is 1. The van der Waals surface area contributed by atoms with Crippen LogP contribution in [0.15, 0.2) is 48.7 Å².